The van der Waals surface area contributed by atoms with Crippen molar-refractivity contribution in [1.82, 2.24) is 10.2 Å². The van der Waals surface area contributed by atoms with E-state index in [4.69, 9.17) is 0 Å². The fourth-order valence-electron chi connectivity index (χ4n) is 2.94. The van der Waals surface area contributed by atoms with E-state index >= 15 is 0 Å². The molecule has 1 unspecified atom stereocenters. The monoisotopic (exact) mass is 282 g/mol. The maximum absolute atomic E-state index is 3.30. The van der Waals surface area contributed by atoms with Gasteiger partial charge in [-0.3, -0.25) is 4.90 Å². The van der Waals surface area contributed by atoms with Crippen LogP contribution in [0.5, 0.6) is 0 Å². The van der Waals surface area contributed by atoms with Gasteiger partial charge in [0.05, 0.1) is 0 Å². The molecule has 0 aliphatic carbocycles. The molecule has 0 aromatic heterocycles. The molecule has 1 atom stereocenters. The zero-order valence-electron chi connectivity index (χ0n) is 12.6. The highest BCUT2D eigenvalue weighted by Gasteiger charge is 2.22. The summed E-state index contributed by atoms with van der Waals surface area (Å²) < 4.78 is 0. The molecule has 19 heavy (non-hydrogen) atoms. The van der Waals surface area contributed by atoms with Crippen LogP contribution in [0.3, 0.4) is 0 Å². The van der Waals surface area contributed by atoms with Crippen molar-refractivity contribution in [3.8, 4) is 0 Å². The van der Waals surface area contributed by atoms with E-state index in [2.05, 4.69) is 50.2 Å². The number of likely N-dealkylation sites (tertiary alicyclic amines) is 1. The van der Waals surface area contributed by atoms with E-state index in [0.717, 1.165) is 19.0 Å². The molecule has 1 heterocycles. The van der Waals surface area contributed by atoms with Crippen LogP contribution in [0.2, 0.25) is 0 Å². The van der Waals surface area contributed by atoms with Crippen molar-refractivity contribution in [2.24, 2.45) is 5.92 Å². The largest absolute Gasteiger partial charge is 0.319 e. The molecule has 1 N–H and O–H groups in total. The third kappa shape index (κ3) is 4.20. The SMILES string of the molecule is CNCC1CCN(Cc2cc(C)c(C)cc2C)C1.Cl. The Balaban J connectivity index is 0.00000180. The number of nitrogens with one attached hydrogen (secondary N) is 1. The highest BCUT2D eigenvalue weighted by atomic mass is 35.5. The maximum atomic E-state index is 3.30. The number of hydrogen-bond acceptors (Lipinski definition) is 2. The molecular weight excluding hydrogens is 256 g/mol. The average Bonchev–Trinajstić information content (AvgIpc) is 2.74. The maximum Gasteiger partial charge on any atom is 0.0236 e. The second-order valence-corrected chi connectivity index (χ2v) is 5.81. The Kier molecular flexibility index (Phi) is 6.31. The number of aryl methyl sites for hydroxylation is 3. The Hall–Kier alpha value is -0.570. The number of rotatable bonds is 4. The predicted octanol–water partition coefficient (Wildman–Crippen LogP) is 3.07. The van der Waals surface area contributed by atoms with Crippen LogP contribution in [-0.4, -0.2) is 31.6 Å². The summed E-state index contributed by atoms with van der Waals surface area (Å²) in [6, 6.07) is 4.70. The molecule has 0 saturated carbocycles. The van der Waals surface area contributed by atoms with Crippen LogP contribution in [0.1, 0.15) is 28.7 Å². The molecule has 0 bridgehead atoms. The van der Waals surface area contributed by atoms with Gasteiger partial charge in [-0.15, -0.1) is 12.4 Å². The normalized spacial score (nSPS) is 19.5. The minimum atomic E-state index is 0. The van der Waals surface area contributed by atoms with Gasteiger partial charge in [0.1, 0.15) is 0 Å². The molecule has 2 nitrogen and oxygen atoms in total. The second kappa shape index (κ2) is 7.28. The van der Waals surface area contributed by atoms with E-state index in [-0.39, 0.29) is 12.4 Å². The fourth-order valence-corrected chi connectivity index (χ4v) is 2.94. The third-order valence-electron chi connectivity index (χ3n) is 4.21. The van der Waals surface area contributed by atoms with Gasteiger partial charge in [-0.25, -0.2) is 0 Å². The minimum absolute atomic E-state index is 0. The summed E-state index contributed by atoms with van der Waals surface area (Å²) in [6.45, 7) is 11.4. The molecule has 1 aromatic rings. The Morgan fingerprint density at radius 1 is 1.16 bits per heavy atom. The smallest absolute Gasteiger partial charge is 0.0236 e. The lowest BCUT2D eigenvalue weighted by Gasteiger charge is -2.18. The van der Waals surface area contributed by atoms with Gasteiger partial charge in [-0.2, -0.15) is 0 Å². The average molecular weight is 283 g/mol. The Bertz CT molecular complexity index is 417. The van der Waals surface area contributed by atoms with Crippen LogP contribution < -0.4 is 5.32 Å². The molecular formula is C16H27ClN2. The van der Waals surface area contributed by atoms with Crippen molar-refractivity contribution in [3.05, 3.63) is 34.4 Å². The van der Waals surface area contributed by atoms with Gasteiger partial charge < -0.3 is 5.32 Å². The van der Waals surface area contributed by atoms with Gasteiger partial charge in [0, 0.05) is 13.1 Å². The summed E-state index contributed by atoms with van der Waals surface area (Å²) in [4.78, 5) is 2.60. The lowest BCUT2D eigenvalue weighted by Crippen LogP contribution is -2.24. The first-order valence-electron chi connectivity index (χ1n) is 7.04. The van der Waals surface area contributed by atoms with Crippen LogP contribution in [0, 0.1) is 26.7 Å². The molecule has 0 radical (unpaired) electrons. The molecule has 3 heteroatoms. The Labute approximate surface area is 124 Å². The predicted molar refractivity (Wildman–Crippen MR) is 85.2 cm³/mol. The van der Waals surface area contributed by atoms with E-state index in [1.165, 1.54) is 41.8 Å². The molecule has 0 amide bonds. The van der Waals surface area contributed by atoms with Gasteiger partial charge in [0.25, 0.3) is 0 Å². The molecule has 1 fully saturated rings. The number of benzene rings is 1. The van der Waals surface area contributed by atoms with Crippen molar-refractivity contribution >= 4 is 12.4 Å². The van der Waals surface area contributed by atoms with Crippen molar-refractivity contribution in [2.45, 2.75) is 33.7 Å². The first-order valence-corrected chi connectivity index (χ1v) is 7.04. The van der Waals surface area contributed by atoms with Crippen molar-refractivity contribution in [1.29, 1.82) is 0 Å². The Morgan fingerprint density at radius 2 is 1.84 bits per heavy atom. The fraction of sp³-hybridized carbons (Fsp3) is 0.625. The first kappa shape index (κ1) is 16.5. The van der Waals surface area contributed by atoms with Gasteiger partial charge in [-0.1, -0.05) is 12.1 Å². The quantitative estimate of drug-likeness (QED) is 0.913. The number of halogens is 1. The third-order valence-corrected chi connectivity index (χ3v) is 4.21. The zero-order valence-corrected chi connectivity index (χ0v) is 13.4. The first-order chi connectivity index (χ1) is 8.60. The molecule has 0 spiro atoms. The summed E-state index contributed by atoms with van der Waals surface area (Å²) >= 11 is 0. The topological polar surface area (TPSA) is 15.3 Å². The van der Waals surface area contributed by atoms with Crippen LogP contribution >= 0.6 is 12.4 Å². The van der Waals surface area contributed by atoms with Crippen molar-refractivity contribution < 1.29 is 0 Å². The van der Waals surface area contributed by atoms with Gasteiger partial charge >= 0.3 is 0 Å². The van der Waals surface area contributed by atoms with Crippen molar-refractivity contribution in [2.75, 3.05) is 26.7 Å². The Morgan fingerprint density at radius 3 is 2.53 bits per heavy atom. The van der Waals surface area contributed by atoms with E-state index in [9.17, 15) is 0 Å². The summed E-state index contributed by atoms with van der Waals surface area (Å²) in [6.07, 6.45) is 1.34. The zero-order chi connectivity index (χ0) is 13.1. The molecule has 1 aromatic carbocycles. The standard InChI is InChI=1S/C16H26N2.ClH/c1-12-7-14(3)16(8-13(12)2)11-18-6-5-15(10-18)9-17-4;/h7-8,15,17H,5-6,9-11H2,1-4H3;1H. The van der Waals surface area contributed by atoms with E-state index in [1.807, 2.05) is 0 Å². The highest BCUT2D eigenvalue weighted by Crippen LogP contribution is 2.21. The summed E-state index contributed by atoms with van der Waals surface area (Å²) in [5, 5.41) is 3.30. The molecule has 2 rings (SSSR count). The highest BCUT2D eigenvalue weighted by molar-refractivity contribution is 5.85. The van der Waals surface area contributed by atoms with E-state index < -0.39 is 0 Å². The van der Waals surface area contributed by atoms with Crippen LogP contribution in [0.15, 0.2) is 12.1 Å². The van der Waals surface area contributed by atoms with Crippen LogP contribution in [-0.2, 0) is 6.54 Å². The van der Waals surface area contributed by atoms with Gasteiger partial charge in [0.2, 0.25) is 0 Å². The second-order valence-electron chi connectivity index (χ2n) is 5.81. The van der Waals surface area contributed by atoms with Gasteiger partial charge in [-0.05, 0) is 75.5 Å². The van der Waals surface area contributed by atoms with Gasteiger partial charge in [0.15, 0.2) is 0 Å². The van der Waals surface area contributed by atoms with Crippen LogP contribution in [0.25, 0.3) is 0 Å². The summed E-state index contributed by atoms with van der Waals surface area (Å²) in [5.41, 5.74) is 5.77. The molecule has 108 valence electrons. The van der Waals surface area contributed by atoms with Crippen LogP contribution in [0.4, 0.5) is 0 Å². The molecule has 1 aliphatic rings. The number of nitrogens with zero attached hydrogens (tertiary/aromatic N) is 1. The lowest BCUT2D eigenvalue weighted by molar-refractivity contribution is 0.315. The minimum Gasteiger partial charge on any atom is -0.319 e. The summed E-state index contributed by atoms with van der Waals surface area (Å²) in [7, 11) is 2.05. The molecule has 1 aliphatic heterocycles. The van der Waals surface area contributed by atoms with E-state index in [1.54, 1.807) is 0 Å². The summed E-state index contributed by atoms with van der Waals surface area (Å²) in [5.74, 6) is 0.835. The molecule has 1 saturated heterocycles. The van der Waals surface area contributed by atoms with Crippen molar-refractivity contribution in [3.63, 3.8) is 0 Å². The van der Waals surface area contributed by atoms with E-state index in [0.29, 0.717) is 0 Å². The number of hydrogen-bond donors (Lipinski definition) is 1. The lowest BCUT2D eigenvalue weighted by atomic mass is 10.0.